The van der Waals surface area contributed by atoms with Crippen molar-refractivity contribution in [3.63, 3.8) is 0 Å². The van der Waals surface area contributed by atoms with Crippen molar-refractivity contribution in [2.75, 3.05) is 10.6 Å². The number of carbonyl (C=O) groups excluding carboxylic acids is 1. The predicted octanol–water partition coefficient (Wildman–Crippen LogP) is 4.32. The topological polar surface area (TPSA) is 78.4 Å². The van der Waals surface area contributed by atoms with Crippen LogP contribution in [-0.4, -0.2) is 17.0 Å². The van der Waals surface area contributed by atoms with Crippen LogP contribution in [0.1, 0.15) is 21.5 Å². The third kappa shape index (κ3) is 3.18. The van der Waals surface area contributed by atoms with Crippen molar-refractivity contribution in [1.82, 2.24) is 0 Å². The van der Waals surface area contributed by atoms with Gasteiger partial charge in [-0.05, 0) is 29.8 Å². The second-order valence-electron chi connectivity index (χ2n) is 6.13. The number of rotatable bonds is 4. The molecule has 0 fully saturated rings. The van der Waals surface area contributed by atoms with Gasteiger partial charge in [-0.2, -0.15) is 0 Å². The van der Waals surface area contributed by atoms with Gasteiger partial charge < -0.3 is 15.7 Å². The number of carboxylic acid groups (broad SMARTS) is 1. The third-order valence-corrected chi connectivity index (χ3v) is 4.37. The Morgan fingerprint density at radius 3 is 2.19 bits per heavy atom. The predicted molar refractivity (Wildman–Crippen MR) is 105 cm³/mol. The van der Waals surface area contributed by atoms with Gasteiger partial charge in [-0.3, -0.25) is 4.79 Å². The van der Waals surface area contributed by atoms with Crippen LogP contribution in [-0.2, 0) is 4.79 Å². The minimum Gasteiger partial charge on any atom is -0.478 e. The van der Waals surface area contributed by atoms with Crippen molar-refractivity contribution in [2.24, 2.45) is 0 Å². The summed E-state index contributed by atoms with van der Waals surface area (Å²) >= 11 is 0. The highest BCUT2D eigenvalue weighted by Crippen LogP contribution is 2.38. The summed E-state index contributed by atoms with van der Waals surface area (Å²) in [4.78, 5) is 24.0. The summed E-state index contributed by atoms with van der Waals surface area (Å²) in [6.07, 6.45) is 0. The molecule has 5 nitrogen and oxygen atoms in total. The van der Waals surface area contributed by atoms with Crippen LogP contribution < -0.4 is 10.6 Å². The molecule has 3 aromatic carbocycles. The Balaban J connectivity index is 1.90. The molecule has 1 aliphatic heterocycles. The molecule has 0 saturated carbocycles. The molecule has 5 heteroatoms. The molecule has 3 aromatic rings. The van der Waals surface area contributed by atoms with Crippen LogP contribution in [0, 0.1) is 0 Å². The maximum Gasteiger partial charge on any atom is 0.335 e. The highest BCUT2D eigenvalue weighted by atomic mass is 16.4. The van der Waals surface area contributed by atoms with E-state index in [1.165, 1.54) is 12.1 Å². The molecule has 4 rings (SSSR count). The highest BCUT2D eigenvalue weighted by Gasteiger charge is 2.29. The van der Waals surface area contributed by atoms with E-state index in [1.54, 1.807) is 6.07 Å². The van der Waals surface area contributed by atoms with Gasteiger partial charge in [0.25, 0.3) is 5.91 Å². The van der Waals surface area contributed by atoms with Gasteiger partial charge in [-0.25, -0.2) is 4.79 Å². The Labute approximate surface area is 156 Å². The number of benzene rings is 3. The lowest BCUT2D eigenvalue weighted by Crippen LogP contribution is -2.10. The molecule has 0 aromatic heterocycles. The van der Waals surface area contributed by atoms with Crippen molar-refractivity contribution >= 4 is 34.5 Å². The van der Waals surface area contributed by atoms with Gasteiger partial charge in [0, 0.05) is 11.3 Å². The smallest absolute Gasteiger partial charge is 0.335 e. The van der Waals surface area contributed by atoms with Gasteiger partial charge in [-0.15, -0.1) is 0 Å². The summed E-state index contributed by atoms with van der Waals surface area (Å²) in [6, 6.07) is 23.8. The number of carboxylic acids is 1. The fraction of sp³-hybridized carbons (Fsp3) is 0. The van der Waals surface area contributed by atoms with E-state index in [4.69, 9.17) is 0 Å². The van der Waals surface area contributed by atoms with E-state index in [0.29, 0.717) is 22.5 Å². The molecule has 1 aliphatic rings. The Hall–Kier alpha value is -3.86. The van der Waals surface area contributed by atoms with Gasteiger partial charge in [0.15, 0.2) is 0 Å². The fourth-order valence-electron chi connectivity index (χ4n) is 3.10. The Morgan fingerprint density at radius 1 is 0.852 bits per heavy atom. The molecular formula is C22H16N2O3. The van der Waals surface area contributed by atoms with Crippen LogP contribution >= 0.6 is 0 Å². The molecule has 0 radical (unpaired) electrons. The van der Waals surface area contributed by atoms with E-state index in [1.807, 2.05) is 60.7 Å². The molecule has 27 heavy (non-hydrogen) atoms. The monoisotopic (exact) mass is 356 g/mol. The second kappa shape index (κ2) is 6.80. The Kier molecular flexibility index (Phi) is 4.18. The number of hydrogen-bond acceptors (Lipinski definition) is 3. The number of fused-ring (bicyclic) bond motifs is 1. The zero-order valence-electron chi connectivity index (χ0n) is 14.3. The SMILES string of the molecule is O=C1Nc2cc(C(=O)O)ccc2/C1=C(/Nc1ccccc1)c1ccccc1. The zero-order chi connectivity index (χ0) is 18.8. The van der Waals surface area contributed by atoms with E-state index < -0.39 is 5.97 Å². The Bertz CT molecular complexity index is 1060. The standard InChI is InChI=1S/C22H16N2O3/c25-21-19(17-12-11-15(22(26)27)13-18(17)24-21)20(14-7-3-1-4-8-14)23-16-9-5-2-6-10-16/h1-13,23H,(H,24,25)(H,26,27)/b20-19-. The molecule has 0 bridgehead atoms. The minimum atomic E-state index is -1.03. The molecule has 132 valence electrons. The van der Waals surface area contributed by atoms with E-state index in [0.717, 1.165) is 11.3 Å². The van der Waals surface area contributed by atoms with Crippen molar-refractivity contribution in [2.45, 2.75) is 0 Å². The number of nitrogens with one attached hydrogen (secondary N) is 2. The van der Waals surface area contributed by atoms with Gasteiger partial charge in [-0.1, -0.05) is 54.6 Å². The number of anilines is 2. The molecule has 1 heterocycles. The second-order valence-corrected chi connectivity index (χ2v) is 6.13. The number of amides is 1. The van der Waals surface area contributed by atoms with Gasteiger partial charge in [0.2, 0.25) is 0 Å². The molecule has 3 N–H and O–H groups in total. The van der Waals surface area contributed by atoms with Crippen LogP contribution in [0.4, 0.5) is 11.4 Å². The normalized spacial score (nSPS) is 14.3. The van der Waals surface area contributed by atoms with E-state index in [2.05, 4.69) is 10.6 Å². The summed E-state index contributed by atoms with van der Waals surface area (Å²) in [6.45, 7) is 0. The number of para-hydroxylation sites is 1. The van der Waals surface area contributed by atoms with Crippen LogP contribution in [0.3, 0.4) is 0 Å². The van der Waals surface area contributed by atoms with Crippen molar-refractivity contribution < 1.29 is 14.7 Å². The van der Waals surface area contributed by atoms with E-state index >= 15 is 0 Å². The lowest BCUT2D eigenvalue weighted by Gasteiger charge is -2.14. The summed E-state index contributed by atoms with van der Waals surface area (Å²) < 4.78 is 0. The van der Waals surface area contributed by atoms with Gasteiger partial charge in [0.05, 0.1) is 22.5 Å². The Morgan fingerprint density at radius 2 is 1.52 bits per heavy atom. The van der Waals surface area contributed by atoms with Crippen LogP contribution in [0.25, 0.3) is 11.3 Å². The average molecular weight is 356 g/mol. The van der Waals surface area contributed by atoms with Crippen molar-refractivity contribution in [3.8, 4) is 0 Å². The summed E-state index contributed by atoms with van der Waals surface area (Å²) in [5.74, 6) is -1.30. The molecule has 1 amide bonds. The average Bonchev–Trinajstić information content (AvgIpc) is 3.02. The number of hydrogen-bond donors (Lipinski definition) is 3. The maximum atomic E-state index is 12.8. The summed E-state index contributed by atoms with van der Waals surface area (Å²) in [5, 5.41) is 15.3. The first-order valence-electron chi connectivity index (χ1n) is 8.44. The van der Waals surface area contributed by atoms with Crippen LogP contribution in [0.15, 0.2) is 78.9 Å². The molecule has 0 spiro atoms. The third-order valence-electron chi connectivity index (χ3n) is 4.37. The molecular weight excluding hydrogens is 340 g/mol. The first-order valence-corrected chi connectivity index (χ1v) is 8.44. The van der Waals surface area contributed by atoms with Gasteiger partial charge in [0.1, 0.15) is 0 Å². The molecule has 0 saturated heterocycles. The molecule has 0 atom stereocenters. The number of carbonyl (C=O) groups is 2. The van der Waals surface area contributed by atoms with E-state index in [-0.39, 0.29) is 11.5 Å². The highest BCUT2D eigenvalue weighted by molar-refractivity contribution is 6.37. The quantitative estimate of drug-likeness (QED) is 0.609. The first-order chi connectivity index (χ1) is 13.1. The molecule has 0 unspecified atom stereocenters. The number of aromatic carboxylic acids is 1. The largest absolute Gasteiger partial charge is 0.478 e. The van der Waals surface area contributed by atoms with E-state index in [9.17, 15) is 14.7 Å². The zero-order valence-corrected chi connectivity index (χ0v) is 14.3. The fourth-order valence-corrected chi connectivity index (χ4v) is 3.10. The van der Waals surface area contributed by atoms with Crippen molar-refractivity contribution in [3.05, 3.63) is 95.6 Å². The van der Waals surface area contributed by atoms with Gasteiger partial charge >= 0.3 is 5.97 Å². The minimum absolute atomic E-state index is 0.132. The molecule has 0 aliphatic carbocycles. The maximum absolute atomic E-state index is 12.8. The van der Waals surface area contributed by atoms with Crippen LogP contribution in [0.2, 0.25) is 0 Å². The van der Waals surface area contributed by atoms with Crippen LogP contribution in [0.5, 0.6) is 0 Å². The summed E-state index contributed by atoms with van der Waals surface area (Å²) in [5.41, 5.74) is 4.17. The lowest BCUT2D eigenvalue weighted by molar-refractivity contribution is -0.110. The first kappa shape index (κ1) is 16.6. The van der Waals surface area contributed by atoms with Crippen molar-refractivity contribution in [1.29, 1.82) is 0 Å². The lowest BCUT2D eigenvalue weighted by atomic mass is 9.99. The summed E-state index contributed by atoms with van der Waals surface area (Å²) in [7, 11) is 0.